The maximum atomic E-state index is 11.1. The molecule has 0 aliphatic rings. The quantitative estimate of drug-likeness (QED) is 0.752. The highest BCUT2D eigenvalue weighted by molar-refractivity contribution is 5.86. The molecule has 0 radical (unpaired) electrons. The summed E-state index contributed by atoms with van der Waals surface area (Å²) in [6.45, 7) is 5.18. The summed E-state index contributed by atoms with van der Waals surface area (Å²) in [4.78, 5) is 11.1. The fourth-order valence-corrected chi connectivity index (χ4v) is 1.53. The first kappa shape index (κ1) is 12.8. The van der Waals surface area contributed by atoms with Gasteiger partial charge in [0.15, 0.2) is 0 Å². The number of nitrogens with one attached hydrogen (secondary N) is 1. The van der Waals surface area contributed by atoms with Crippen molar-refractivity contribution in [3.63, 3.8) is 0 Å². The van der Waals surface area contributed by atoms with Crippen molar-refractivity contribution in [3.05, 3.63) is 23.7 Å². The van der Waals surface area contributed by atoms with Gasteiger partial charge in [0.1, 0.15) is 5.76 Å². The van der Waals surface area contributed by atoms with Crippen molar-refractivity contribution >= 4 is 5.97 Å². The Labute approximate surface area is 96.0 Å². The number of carbonyl (C=O) groups excluding carboxylic acids is 1. The van der Waals surface area contributed by atoms with E-state index in [0.717, 1.165) is 25.1 Å². The van der Waals surface area contributed by atoms with Crippen molar-refractivity contribution in [1.82, 2.24) is 5.32 Å². The molecule has 0 saturated heterocycles. The van der Waals surface area contributed by atoms with Crippen LogP contribution in [0.25, 0.3) is 0 Å². The van der Waals surface area contributed by atoms with Gasteiger partial charge in [-0.05, 0) is 32.0 Å². The molecule has 0 saturated carbocycles. The van der Waals surface area contributed by atoms with E-state index >= 15 is 0 Å². The minimum absolute atomic E-state index is 0.272. The van der Waals surface area contributed by atoms with Crippen molar-refractivity contribution in [2.45, 2.75) is 32.7 Å². The summed E-state index contributed by atoms with van der Waals surface area (Å²) < 4.78 is 9.93. The molecule has 16 heavy (non-hydrogen) atoms. The van der Waals surface area contributed by atoms with E-state index in [4.69, 9.17) is 4.42 Å². The van der Waals surface area contributed by atoms with Gasteiger partial charge in [-0.25, -0.2) is 4.79 Å². The van der Waals surface area contributed by atoms with E-state index in [2.05, 4.69) is 23.9 Å². The minimum atomic E-state index is -0.425. The molecular weight excluding hydrogens is 206 g/mol. The van der Waals surface area contributed by atoms with Gasteiger partial charge in [0.25, 0.3) is 0 Å². The topological polar surface area (TPSA) is 51.5 Å². The lowest BCUT2D eigenvalue weighted by Crippen LogP contribution is -2.25. The molecule has 0 bridgehead atoms. The molecule has 1 unspecified atom stereocenters. The Morgan fingerprint density at radius 3 is 2.94 bits per heavy atom. The fourth-order valence-electron chi connectivity index (χ4n) is 1.53. The Hall–Kier alpha value is -1.29. The number of esters is 1. The zero-order chi connectivity index (χ0) is 12.0. The van der Waals surface area contributed by atoms with Crippen molar-refractivity contribution in [2.75, 3.05) is 13.7 Å². The minimum Gasteiger partial charge on any atom is -0.463 e. The van der Waals surface area contributed by atoms with Crippen LogP contribution in [-0.4, -0.2) is 25.7 Å². The Kier molecular flexibility index (Phi) is 5.05. The summed E-state index contributed by atoms with van der Waals surface area (Å²) >= 11 is 0. The third-order valence-corrected chi connectivity index (χ3v) is 2.42. The maximum Gasteiger partial charge on any atom is 0.373 e. The van der Waals surface area contributed by atoms with E-state index in [-0.39, 0.29) is 5.76 Å². The average molecular weight is 225 g/mol. The first-order chi connectivity index (χ1) is 7.67. The third kappa shape index (κ3) is 3.70. The number of furan rings is 1. The Morgan fingerprint density at radius 1 is 1.56 bits per heavy atom. The molecule has 0 spiro atoms. The average Bonchev–Trinajstić information content (AvgIpc) is 2.74. The van der Waals surface area contributed by atoms with Crippen LogP contribution < -0.4 is 5.32 Å². The van der Waals surface area contributed by atoms with E-state index in [1.165, 1.54) is 7.11 Å². The predicted octanol–water partition coefficient (Wildman–Crippen LogP) is 2.00. The molecule has 1 atom stereocenters. The molecule has 90 valence electrons. The third-order valence-electron chi connectivity index (χ3n) is 2.42. The number of methoxy groups -OCH3 is 1. The van der Waals surface area contributed by atoms with E-state index in [9.17, 15) is 4.79 Å². The second-order valence-corrected chi connectivity index (χ2v) is 3.75. The zero-order valence-corrected chi connectivity index (χ0v) is 10.1. The van der Waals surface area contributed by atoms with Crippen molar-refractivity contribution in [1.29, 1.82) is 0 Å². The molecule has 1 N–H and O–H groups in total. The molecule has 0 aliphatic carbocycles. The van der Waals surface area contributed by atoms with E-state index in [1.807, 2.05) is 6.07 Å². The van der Waals surface area contributed by atoms with Crippen LogP contribution in [0.5, 0.6) is 0 Å². The normalized spacial score (nSPS) is 12.4. The first-order valence-electron chi connectivity index (χ1n) is 5.57. The molecule has 4 nitrogen and oxygen atoms in total. The molecule has 1 rings (SSSR count). The number of hydrogen-bond acceptors (Lipinski definition) is 4. The number of rotatable bonds is 6. The molecule has 0 fully saturated rings. The van der Waals surface area contributed by atoms with Gasteiger partial charge in [0, 0.05) is 12.5 Å². The van der Waals surface area contributed by atoms with Crippen LogP contribution in [0, 0.1) is 0 Å². The van der Waals surface area contributed by atoms with Crippen LogP contribution in [0.4, 0.5) is 0 Å². The molecular formula is C12H19NO3. The van der Waals surface area contributed by atoms with Gasteiger partial charge >= 0.3 is 5.97 Å². The molecule has 0 aliphatic heterocycles. The highest BCUT2D eigenvalue weighted by Crippen LogP contribution is 2.11. The van der Waals surface area contributed by atoms with Crippen LogP contribution in [0.15, 0.2) is 16.5 Å². The highest BCUT2D eigenvalue weighted by Gasteiger charge is 2.11. The number of aryl methyl sites for hydroxylation is 1. The molecule has 1 aromatic rings. The standard InChI is InChI=1S/C12H19NO3/c1-4-13-9(2)5-6-10-7-8-11(16-10)12(14)15-3/h7-9,13H,4-6H2,1-3H3. The molecule has 1 aromatic heterocycles. The largest absolute Gasteiger partial charge is 0.463 e. The van der Waals surface area contributed by atoms with Gasteiger partial charge < -0.3 is 14.5 Å². The fraction of sp³-hybridized carbons (Fsp3) is 0.583. The molecule has 0 amide bonds. The molecule has 1 heterocycles. The van der Waals surface area contributed by atoms with Crippen LogP contribution in [0.3, 0.4) is 0 Å². The van der Waals surface area contributed by atoms with E-state index in [0.29, 0.717) is 6.04 Å². The summed E-state index contributed by atoms with van der Waals surface area (Å²) in [5, 5.41) is 3.32. The lowest BCUT2D eigenvalue weighted by Gasteiger charge is -2.10. The number of ether oxygens (including phenoxy) is 1. The maximum absolute atomic E-state index is 11.1. The summed E-state index contributed by atoms with van der Waals surface area (Å²) in [6.07, 6.45) is 1.81. The van der Waals surface area contributed by atoms with Gasteiger partial charge in [0.2, 0.25) is 5.76 Å². The number of carbonyl (C=O) groups is 1. The first-order valence-corrected chi connectivity index (χ1v) is 5.57. The van der Waals surface area contributed by atoms with Crippen LogP contribution in [-0.2, 0) is 11.2 Å². The lowest BCUT2D eigenvalue weighted by atomic mass is 10.1. The molecule has 0 aromatic carbocycles. The SMILES string of the molecule is CCNC(C)CCc1ccc(C(=O)OC)o1. The monoisotopic (exact) mass is 225 g/mol. The highest BCUT2D eigenvalue weighted by atomic mass is 16.5. The van der Waals surface area contributed by atoms with Crippen molar-refractivity contribution in [3.8, 4) is 0 Å². The van der Waals surface area contributed by atoms with E-state index in [1.54, 1.807) is 6.07 Å². The Balaban J connectivity index is 2.43. The van der Waals surface area contributed by atoms with Gasteiger partial charge in [-0.2, -0.15) is 0 Å². The lowest BCUT2D eigenvalue weighted by molar-refractivity contribution is 0.0563. The summed E-state index contributed by atoms with van der Waals surface area (Å²) in [7, 11) is 1.35. The Bertz CT molecular complexity index is 333. The zero-order valence-electron chi connectivity index (χ0n) is 10.1. The second-order valence-electron chi connectivity index (χ2n) is 3.75. The number of hydrogen-bond donors (Lipinski definition) is 1. The summed E-state index contributed by atoms with van der Waals surface area (Å²) in [6, 6.07) is 3.93. The predicted molar refractivity (Wildman–Crippen MR) is 61.5 cm³/mol. The van der Waals surface area contributed by atoms with Gasteiger partial charge in [0.05, 0.1) is 7.11 Å². The summed E-state index contributed by atoms with van der Waals surface area (Å²) in [5.41, 5.74) is 0. The van der Waals surface area contributed by atoms with Crippen molar-refractivity contribution < 1.29 is 13.9 Å². The van der Waals surface area contributed by atoms with Crippen LogP contribution in [0.1, 0.15) is 36.6 Å². The van der Waals surface area contributed by atoms with Crippen LogP contribution >= 0.6 is 0 Å². The van der Waals surface area contributed by atoms with Gasteiger partial charge in [-0.1, -0.05) is 6.92 Å². The van der Waals surface area contributed by atoms with Gasteiger partial charge in [-0.3, -0.25) is 0 Å². The van der Waals surface area contributed by atoms with Crippen molar-refractivity contribution in [2.24, 2.45) is 0 Å². The Morgan fingerprint density at radius 2 is 2.31 bits per heavy atom. The smallest absolute Gasteiger partial charge is 0.373 e. The van der Waals surface area contributed by atoms with Crippen LogP contribution in [0.2, 0.25) is 0 Å². The summed E-state index contributed by atoms with van der Waals surface area (Å²) in [5.74, 6) is 0.671. The molecule has 4 heteroatoms. The van der Waals surface area contributed by atoms with E-state index < -0.39 is 5.97 Å². The van der Waals surface area contributed by atoms with Gasteiger partial charge in [-0.15, -0.1) is 0 Å². The second kappa shape index (κ2) is 6.33.